The first kappa shape index (κ1) is 16.7. The summed E-state index contributed by atoms with van der Waals surface area (Å²) in [5, 5.41) is 11.6. The van der Waals surface area contributed by atoms with E-state index in [0.29, 0.717) is 6.61 Å². The second-order valence-corrected chi connectivity index (χ2v) is 5.24. The molecule has 1 aromatic carbocycles. The molecule has 1 atom stereocenters. The SMILES string of the molecule is CCCOCC(=O)N[C@H](CC(=O)O)c1cccc(Br)c1. The van der Waals surface area contributed by atoms with Crippen LogP contribution in [0.3, 0.4) is 0 Å². The average Bonchev–Trinajstić information content (AvgIpc) is 2.38. The Hall–Kier alpha value is -1.40. The van der Waals surface area contributed by atoms with E-state index in [2.05, 4.69) is 21.2 Å². The summed E-state index contributed by atoms with van der Waals surface area (Å²) in [6.07, 6.45) is 0.660. The normalized spacial score (nSPS) is 11.9. The Morgan fingerprint density at radius 1 is 1.45 bits per heavy atom. The Bertz CT molecular complexity index is 464. The van der Waals surface area contributed by atoms with E-state index in [0.717, 1.165) is 16.5 Å². The van der Waals surface area contributed by atoms with Crippen LogP contribution in [0, 0.1) is 0 Å². The fourth-order valence-corrected chi connectivity index (χ4v) is 2.11. The Morgan fingerprint density at radius 2 is 2.20 bits per heavy atom. The van der Waals surface area contributed by atoms with Crippen LogP contribution in [0.5, 0.6) is 0 Å². The molecular formula is C14H18BrNO4. The van der Waals surface area contributed by atoms with E-state index in [1.165, 1.54) is 0 Å². The molecule has 0 fully saturated rings. The first-order valence-electron chi connectivity index (χ1n) is 6.37. The van der Waals surface area contributed by atoms with E-state index in [9.17, 15) is 9.59 Å². The van der Waals surface area contributed by atoms with Gasteiger partial charge in [-0.05, 0) is 24.1 Å². The number of hydrogen-bond acceptors (Lipinski definition) is 3. The van der Waals surface area contributed by atoms with Gasteiger partial charge in [0.25, 0.3) is 0 Å². The average molecular weight is 344 g/mol. The van der Waals surface area contributed by atoms with Gasteiger partial charge < -0.3 is 15.2 Å². The van der Waals surface area contributed by atoms with Crippen molar-refractivity contribution >= 4 is 27.8 Å². The lowest BCUT2D eigenvalue weighted by atomic mass is 10.0. The van der Waals surface area contributed by atoms with Crippen LogP contribution in [0.25, 0.3) is 0 Å². The Kier molecular flexibility index (Phi) is 7.25. The molecule has 0 unspecified atom stereocenters. The molecule has 5 nitrogen and oxygen atoms in total. The summed E-state index contributed by atoms with van der Waals surface area (Å²) in [6.45, 7) is 2.40. The number of hydrogen-bond donors (Lipinski definition) is 2. The number of halogens is 1. The van der Waals surface area contributed by atoms with Crippen LogP contribution < -0.4 is 5.32 Å². The Morgan fingerprint density at radius 3 is 2.80 bits per heavy atom. The molecule has 0 bridgehead atoms. The van der Waals surface area contributed by atoms with Crippen LogP contribution in [0.4, 0.5) is 0 Å². The quantitative estimate of drug-likeness (QED) is 0.711. The smallest absolute Gasteiger partial charge is 0.305 e. The number of amides is 1. The van der Waals surface area contributed by atoms with E-state index < -0.39 is 12.0 Å². The van der Waals surface area contributed by atoms with Crippen molar-refractivity contribution in [1.82, 2.24) is 5.32 Å². The third-order valence-electron chi connectivity index (χ3n) is 2.55. The van der Waals surface area contributed by atoms with Crippen LogP contribution in [-0.4, -0.2) is 30.2 Å². The fraction of sp³-hybridized carbons (Fsp3) is 0.429. The van der Waals surface area contributed by atoms with Gasteiger partial charge in [-0.2, -0.15) is 0 Å². The van der Waals surface area contributed by atoms with Crippen molar-refractivity contribution in [2.45, 2.75) is 25.8 Å². The first-order valence-corrected chi connectivity index (χ1v) is 7.16. The summed E-state index contributed by atoms with van der Waals surface area (Å²) in [4.78, 5) is 22.6. The minimum atomic E-state index is -0.968. The topological polar surface area (TPSA) is 75.6 Å². The number of nitrogens with one attached hydrogen (secondary N) is 1. The highest BCUT2D eigenvalue weighted by molar-refractivity contribution is 9.10. The molecule has 2 N–H and O–H groups in total. The highest BCUT2D eigenvalue weighted by Crippen LogP contribution is 2.20. The maximum absolute atomic E-state index is 11.7. The van der Waals surface area contributed by atoms with Gasteiger partial charge in [0.2, 0.25) is 5.91 Å². The van der Waals surface area contributed by atoms with Crippen molar-refractivity contribution in [3.8, 4) is 0 Å². The molecule has 110 valence electrons. The highest BCUT2D eigenvalue weighted by atomic mass is 79.9. The van der Waals surface area contributed by atoms with Crippen molar-refractivity contribution in [3.63, 3.8) is 0 Å². The predicted molar refractivity (Wildman–Crippen MR) is 78.4 cm³/mol. The summed E-state index contributed by atoms with van der Waals surface area (Å²) >= 11 is 3.33. The second-order valence-electron chi connectivity index (χ2n) is 4.33. The molecule has 0 radical (unpaired) electrons. The molecule has 1 aromatic rings. The summed E-state index contributed by atoms with van der Waals surface area (Å²) in [5.41, 5.74) is 0.741. The lowest BCUT2D eigenvalue weighted by Gasteiger charge is -2.17. The number of carboxylic acid groups (broad SMARTS) is 1. The third-order valence-corrected chi connectivity index (χ3v) is 3.04. The van der Waals surface area contributed by atoms with Gasteiger partial charge in [0.05, 0.1) is 12.5 Å². The molecule has 6 heteroatoms. The Labute approximate surface area is 126 Å². The monoisotopic (exact) mass is 343 g/mol. The van der Waals surface area contributed by atoms with E-state index in [4.69, 9.17) is 9.84 Å². The number of rotatable bonds is 8. The third kappa shape index (κ3) is 6.16. The highest BCUT2D eigenvalue weighted by Gasteiger charge is 2.18. The molecule has 0 spiro atoms. The lowest BCUT2D eigenvalue weighted by molar-refractivity contribution is -0.138. The van der Waals surface area contributed by atoms with Crippen molar-refractivity contribution in [1.29, 1.82) is 0 Å². The van der Waals surface area contributed by atoms with Gasteiger partial charge in [0.1, 0.15) is 6.61 Å². The zero-order chi connectivity index (χ0) is 15.0. The van der Waals surface area contributed by atoms with Crippen LogP contribution in [0.1, 0.15) is 31.4 Å². The van der Waals surface area contributed by atoms with Gasteiger partial charge in [0.15, 0.2) is 0 Å². The van der Waals surface area contributed by atoms with E-state index in [1.807, 2.05) is 13.0 Å². The van der Waals surface area contributed by atoms with Crippen molar-refractivity contribution in [3.05, 3.63) is 34.3 Å². The van der Waals surface area contributed by atoms with Crippen LogP contribution in [0.15, 0.2) is 28.7 Å². The molecule has 0 heterocycles. The number of carbonyl (C=O) groups is 2. The fourth-order valence-electron chi connectivity index (χ4n) is 1.70. The molecule has 0 saturated heterocycles. The molecule has 1 amide bonds. The van der Waals surface area contributed by atoms with Crippen LogP contribution in [-0.2, 0) is 14.3 Å². The summed E-state index contributed by atoms with van der Waals surface area (Å²) in [7, 11) is 0. The zero-order valence-electron chi connectivity index (χ0n) is 11.3. The van der Waals surface area contributed by atoms with Crippen LogP contribution in [0.2, 0.25) is 0 Å². The van der Waals surface area contributed by atoms with Gasteiger partial charge in [-0.3, -0.25) is 9.59 Å². The first-order chi connectivity index (χ1) is 9.52. The van der Waals surface area contributed by atoms with E-state index in [1.54, 1.807) is 18.2 Å². The minimum absolute atomic E-state index is 0.0576. The molecule has 1 rings (SSSR count). The van der Waals surface area contributed by atoms with E-state index in [-0.39, 0.29) is 18.9 Å². The van der Waals surface area contributed by atoms with E-state index >= 15 is 0 Å². The number of carboxylic acids is 1. The molecule has 20 heavy (non-hydrogen) atoms. The van der Waals surface area contributed by atoms with Crippen molar-refractivity contribution in [2.75, 3.05) is 13.2 Å². The lowest BCUT2D eigenvalue weighted by Crippen LogP contribution is -2.33. The van der Waals surface area contributed by atoms with Gasteiger partial charge in [-0.25, -0.2) is 0 Å². The number of benzene rings is 1. The maximum Gasteiger partial charge on any atom is 0.305 e. The van der Waals surface area contributed by atoms with Crippen molar-refractivity contribution < 1.29 is 19.4 Å². The molecule has 0 aliphatic rings. The van der Waals surface area contributed by atoms with Crippen molar-refractivity contribution in [2.24, 2.45) is 0 Å². The standard InChI is InChI=1S/C14H18BrNO4/c1-2-6-20-9-13(17)16-12(8-14(18)19)10-4-3-5-11(15)7-10/h3-5,7,12H,2,6,8-9H2,1H3,(H,16,17)(H,18,19)/t12-/m1/s1. The predicted octanol–water partition coefficient (Wildman–Crippen LogP) is 2.51. The largest absolute Gasteiger partial charge is 0.481 e. The Balaban J connectivity index is 2.69. The molecule has 0 saturated carbocycles. The maximum atomic E-state index is 11.7. The van der Waals surface area contributed by atoms with Gasteiger partial charge in [-0.1, -0.05) is 35.0 Å². The second kappa shape index (κ2) is 8.71. The molecule has 0 aliphatic carbocycles. The number of carbonyl (C=O) groups excluding carboxylic acids is 1. The summed E-state index contributed by atoms with van der Waals surface area (Å²) in [5.74, 6) is -1.28. The number of aliphatic carboxylic acids is 1. The molecule has 0 aliphatic heterocycles. The molecule has 0 aromatic heterocycles. The van der Waals surface area contributed by atoms with Crippen LogP contribution >= 0.6 is 15.9 Å². The van der Waals surface area contributed by atoms with Gasteiger partial charge in [-0.15, -0.1) is 0 Å². The zero-order valence-corrected chi connectivity index (χ0v) is 12.9. The summed E-state index contributed by atoms with van der Waals surface area (Å²) in [6, 6.07) is 6.65. The molecular weight excluding hydrogens is 326 g/mol. The minimum Gasteiger partial charge on any atom is -0.481 e. The van der Waals surface area contributed by atoms with Gasteiger partial charge in [0, 0.05) is 11.1 Å². The number of ether oxygens (including phenoxy) is 1. The van der Waals surface area contributed by atoms with Gasteiger partial charge >= 0.3 is 5.97 Å². The summed E-state index contributed by atoms with van der Waals surface area (Å²) < 4.78 is 5.98.